The van der Waals surface area contributed by atoms with Crippen molar-refractivity contribution < 1.29 is 9.53 Å². The molecule has 0 bridgehead atoms. The van der Waals surface area contributed by atoms with Crippen LogP contribution in [0.2, 0.25) is 0 Å². The number of aryl methyl sites for hydroxylation is 1. The van der Waals surface area contributed by atoms with Crippen molar-refractivity contribution in [3.05, 3.63) is 92.6 Å². The molecule has 3 aromatic rings. The molecule has 1 aromatic heterocycles. The molecule has 1 amide bonds. The number of hydrogen-bond acceptors (Lipinski definition) is 6. The van der Waals surface area contributed by atoms with Gasteiger partial charge in [-0.05, 0) is 48.6 Å². The van der Waals surface area contributed by atoms with Crippen molar-refractivity contribution in [1.82, 2.24) is 5.32 Å². The van der Waals surface area contributed by atoms with Crippen molar-refractivity contribution in [3.8, 4) is 11.8 Å². The Morgan fingerprint density at radius 2 is 1.91 bits per heavy atom. The molecule has 0 radical (unpaired) electrons. The Balaban J connectivity index is 1.89. The summed E-state index contributed by atoms with van der Waals surface area (Å²) in [6, 6.07) is 21.6. The maximum atomic E-state index is 12.9. The van der Waals surface area contributed by atoms with E-state index in [9.17, 15) is 10.1 Å². The van der Waals surface area contributed by atoms with E-state index in [1.807, 2.05) is 60.8 Å². The highest BCUT2D eigenvalue weighted by Gasteiger charge is 2.18. The molecule has 3 rings (SSSR count). The van der Waals surface area contributed by atoms with Gasteiger partial charge < -0.3 is 15.4 Å². The number of amides is 1. The molecule has 2 aromatic carbocycles. The second-order valence-corrected chi connectivity index (χ2v) is 8.87. The Bertz CT molecular complexity index is 1120. The molecule has 0 atom stereocenters. The van der Waals surface area contributed by atoms with Crippen LogP contribution in [0.3, 0.4) is 0 Å². The summed E-state index contributed by atoms with van der Waals surface area (Å²) in [5.74, 6) is 0.879. The summed E-state index contributed by atoms with van der Waals surface area (Å²) in [4.78, 5) is 13.9. The summed E-state index contributed by atoms with van der Waals surface area (Å²) in [5.41, 5.74) is 3.06. The summed E-state index contributed by atoms with van der Waals surface area (Å²) in [7, 11) is 0. The molecule has 0 saturated carbocycles. The molecule has 0 aliphatic heterocycles. The fraction of sp³-hybridized carbons (Fsp3) is 0.200. The lowest BCUT2D eigenvalue weighted by atomic mass is 10.1. The molecule has 0 fully saturated rings. The largest absolute Gasteiger partial charge is 0.492 e. The molecule has 32 heavy (non-hydrogen) atoms. The van der Waals surface area contributed by atoms with Gasteiger partial charge in [-0.1, -0.05) is 42.5 Å². The summed E-state index contributed by atoms with van der Waals surface area (Å²) in [6.45, 7) is 4.86. The number of thioether (sulfide) groups is 1. The van der Waals surface area contributed by atoms with Crippen LogP contribution in [0.5, 0.6) is 5.75 Å². The first-order valence-electron chi connectivity index (χ1n) is 10.2. The van der Waals surface area contributed by atoms with Crippen molar-refractivity contribution in [1.29, 1.82) is 5.26 Å². The number of benzene rings is 2. The average molecular weight is 464 g/mol. The van der Waals surface area contributed by atoms with Gasteiger partial charge in [0.2, 0.25) is 0 Å². The van der Waals surface area contributed by atoms with Gasteiger partial charge in [-0.15, -0.1) is 23.1 Å². The summed E-state index contributed by atoms with van der Waals surface area (Å²) in [5, 5.41) is 18.5. The van der Waals surface area contributed by atoms with Crippen LogP contribution in [0.4, 0.5) is 5.69 Å². The minimum absolute atomic E-state index is 0.0476. The van der Waals surface area contributed by atoms with Crippen molar-refractivity contribution in [2.75, 3.05) is 11.9 Å². The number of para-hydroxylation sites is 2. The van der Waals surface area contributed by atoms with Gasteiger partial charge in [0.15, 0.2) is 0 Å². The Kier molecular flexibility index (Phi) is 8.79. The lowest BCUT2D eigenvalue weighted by Gasteiger charge is -2.16. The van der Waals surface area contributed by atoms with Gasteiger partial charge in [0.05, 0.1) is 23.9 Å². The normalized spacial score (nSPS) is 11.3. The maximum absolute atomic E-state index is 12.9. The minimum Gasteiger partial charge on any atom is -0.492 e. The van der Waals surface area contributed by atoms with E-state index < -0.39 is 5.91 Å². The van der Waals surface area contributed by atoms with Gasteiger partial charge in [-0.3, -0.25) is 4.79 Å². The molecule has 0 spiro atoms. The van der Waals surface area contributed by atoms with Crippen LogP contribution in [0.25, 0.3) is 0 Å². The Hall–Kier alpha value is -3.21. The van der Waals surface area contributed by atoms with Gasteiger partial charge in [-0.25, -0.2) is 0 Å². The van der Waals surface area contributed by atoms with E-state index in [0.717, 1.165) is 16.0 Å². The third-order valence-electron chi connectivity index (χ3n) is 4.64. The van der Waals surface area contributed by atoms with Gasteiger partial charge in [0, 0.05) is 10.6 Å². The molecule has 1 heterocycles. The van der Waals surface area contributed by atoms with E-state index in [4.69, 9.17) is 4.74 Å². The second kappa shape index (κ2) is 12.0. The number of anilines is 1. The number of hydrogen-bond donors (Lipinski definition) is 2. The molecule has 5 nitrogen and oxygen atoms in total. The quantitative estimate of drug-likeness (QED) is 0.291. The van der Waals surface area contributed by atoms with Gasteiger partial charge >= 0.3 is 0 Å². The second-order valence-electron chi connectivity index (χ2n) is 6.85. The Morgan fingerprint density at radius 3 is 2.62 bits per heavy atom. The van der Waals surface area contributed by atoms with E-state index >= 15 is 0 Å². The third kappa shape index (κ3) is 6.39. The topological polar surface area (TPSA) is 74.1 Å². The van der Waals surface area contributed by atoms with Crippen LogP contribution >= 0.6 is 23.1 Å². The zero-order valence-electron chi connectivity index (χ0n) is 18.1. The number of carbonyl (C=O) groups is 1. The lowest BCUT2D eigenvalue weighted by Crippen LogP contribution is -2.25. The number of thiophene rings is 1. The van der Waals surface area contributed by atoms with Crippen molar-refractivity contribution in [3.63, 3.8) is 0 Å². The smallest absolute Gasteiger partial charge is 0.264 e. The summed E-state index contributed by atoms with van der Waals surface area (Å²) >= 11 is 2.99. The number of rotatable bonds is 10. The zero-order valence-corrected chi connectivity index (χ0v) is 19.7. The number of carbonyl (C=O) groups excluding carboxylic acids is 1. The fourth-order valence-electron chi connectivity index (χ4n) is 2.94. The van der Waals surface area contributed by atoms with E-state index in [2.05, 4.69) is 35.8 Å². The average Bonchev–Trinajstić information content (AvgIpc) is 3.32. The number of nitriles is 1. The molecule has 164 valence electrons. The number of ether oxygens (including phenoxy) is 1. The Labute approximate surface area is 197 Å². The third-order valence-corrected chi connectivity index (χ3v) is 6.56. The molecule has 2 N–H and O–H groups in total. The van der Waals surface area contributed by atoms with Crippen molar-refractivity contribution >= 4 is 34.7 Å². The first-order chi connectivity index (χ1) is 15.6. The molecular weight excluding hydrogens is 438 g/mol. The Morgan fingerprint density at radius 1 is 1.12 bits per heavy atom. The van der Waals surface area contributed by atoms with Gasteiger partial charge in [0.25, 0.3) is 5.91 Å². The maximum Gasteiger partial charge on any atom is 0.264 e. The first kappa shape index (κ1) is 23.5. The van der Waals surface area contributed by atoms with Crippen molar-refractivity contribution in [2.24, 2.45) is 0 Å². The zero-order chi connectivity index (χ0) is 22.8. The van der Waals surface area contributed by atoms with Gasteiger partial charge in [0.1, 0.15) is 17.4 Å². The summed E-state index contributed by atoms with van der Waals surface area (Å²) < 4.78 is 5.71. The monoisotopic (exact) mass is 463 g/mol. The van der Waals surface area contributed by atoms with E-state index in [1.54, 1.807) is 11.3 Å². The van der Waals surface area contributed by atoms with E-state index in [1.165, 1.54) is 11.8 Å². The van der Waals surface area contributed by atoms with E-state index in [-0.39, 0.29) is 5.57 Å². The number of nitrogens with one attached hydrogen (secondary N) is 2. The molecule has 0 saturated heterocycles. The standard InChI is InChI=1S/C25H25N3O2S2/c1-3-30-23-13-7-6-12-22(23)28-25(32-17-19-10-5-4-9-18(19)2)21(15-26)24(29)27-16-20-11-8-14-31-20/h4-14,28H,3,16-17H2,1-2H3,(H,27,29)/b25-21+. The summed E-state index contributed by atoms with van der Waals surface area (Å²) in [6.07, 6.45) is 0. The molecule has 7 heteroatoms. The lowest BCUT2D eigenvalue weighted by molar-refractivity contribution is -0.117. The van der Waals surface area contributed by atoms with Crippen LogP contribution < -0.4 is 15.4 Å². The van der Waals surface area contributed by atoms with Crippen LogP contribution in [0.15, 0.2) is 76.6 Å². The van der Waals surface area contributed by atoms with E-state index in [0.29, 0.717) is 35.4 Å². The minimum atomic E-state index is -0.408. The SMILES string of the molecule is CCOc1ccccc1N/C(SCc1ccccc1C)=C(/C#N)C(=O)NCc1cccs1. The van der Waals surface area contributed by atoms with Crippen molar-refractivity contribution in [2.45, 2.75) is 26.1 Å². The molecular formula is C25H25N3O2S2. The highest BCUT2D eigenvalue weighted by molar-refractivity contribution is 8.02. The van der Waals surface area contributed by atoms with Crippen LogP contribution in [-0.2, 0) is 17.1 Å². The highest BCUT2D eigenvalue weighted by atomic mass is 32.2. The predicted octanol–water partition coefficient (Wildman–Crippen LogP) is 5.85. The molecule has 0 unspecified atom stereocenters. The van der Waals surface area contributed by atoms with Gasteiger partial charge in [-0.2, -0.15) is 5.26 Å². The highest BCUT2D eigenvalue weighted by Crippen LogP contribution is 2.32. The molecule has 0 aliphatic carbocycles. The molecule has 0 aliphatic rings. The number of nitrogens with zero attached hydrogens (tertiary/aromatic N) is 1. The van der Waals surface area contributed by atoms with Crippen LogP contribution in [0.1, 0.15) is 22.9 Å². The first-order valence-corrected chi connectivity index (χ1v) is 12.1. The van der Waals surface area contributed by atoms with Crippen LogP contribution in [0, 0.1) is 18.3 Å². The predicted molar refractivity (Wildman–Crippen MR) is 133 cm³/mol. The van der Waals surface area contributed by atoms with Crippen LogP contribution in [-0.4, -0.2) is 12.5 Å². The fourth-order valence-corrected chi connectivity index (χ4v) is 4.67.